The van der Waals surface area contributed by atoms with E-state index in [4.69, 9.17) is 11.6 Å². The van der Waals surface area contributed by atoms with Crippen LogP contribution in [0.3, 0.4) is 0 Å². The van der Waals surface area contributed by atoms with Gasteiger partial charge in [0.05, 0.1) is 4.90 Å². The lowest BCUT2D eigenvalue weighted by Gasteiger charge is -2.27. The SMILES string of the molecule is CCNCc1ccc(S(=O)(=O)N(C)C(C)C(C)C)cc1Cl. The van der Waals surface area contributed by atoms with E-state index in [0.29, 0.717) is 11.6 Å². The maximum atomic E-state index is 12.6. The van der Waals surface area contributed by atoms with Crippen molar-refractivity contribution in [3.63, 3.8) is 0 Å². The molecule has 0 amide bonds. The molecule has 1 N–H and O–H groups in total. The predicted molar refractivity (Wildman–Crippen MR) is 88.1 cm³/mol. The first-order valence-corrected chi connectivity index (χ1v) is 9.00. The average Bonchev–Trinajstić information content (AvgIpc) is 2.44. The van der Waals surface area contributed by atoms with E-state index in [1.807, 2.05) is 27.7 Å². The summed E-state index contributed by atoms with van der Waals surface area (Å²) in [5.41, 5.74) is 0.900. The predicted octanol–water partition coefficient (Wildman–Crippen LogP) is 3.11. The molecule has 0 aromatic heterocycles. The molecule has 4 nitrogen and oxygen atoms in total. The third-order valence-electron chi connectivity index (χ3n) is 3.81. The van der Waals surface area contributed by atoms with E-state index >= 15 is 0 Å². The molecule has 1 aromatic rings. The fourth-order valence-electron chi connectivity index (χ4n) is 1.90. The van der Waals surface area contributed by atoms with Crippen LogP contribution in [0.5, 0.6) is 0 Å². The van der Waals surface area contributed by atoms with E-state index in [9.17, 15) is 8.42 Å². The molecule has 1 aromatic carbocycles. The van der Waals surface area contributed by atoms with E-state index < -0.39 is 10.0 Å². The molecule has 0 heterocycles. The van der Waals surface area contributed by atoms with Crippen molar-refractivity contribution < 1.29 is 8.42 Å². The van der Waals surface area contributed by atoms with Crippen LogP contribution in [0.1, 0.15) is 33.3 Å². The van der Waals surface area contributed by atoms with E-state index in [2.05, 4.69) is 5.32 Å². The molecule has 0 radical (unpaired) electrons. The van der Waals surface area contributed by atoms with E-state index in [1.54, 1.807) is 19.2 Å². The van der Waals surface area contributed by atoms with Crippen LogP contribution < -0.4 is 5.32 Å². The summed E-state index contributed by atoms with van der Waals surface area (Å²) >= 11 is 6.20. The Hall–Kier alpha value is -0.620. The van der Waals surface area contributed by atoms with Crippen LogP contribution in [-0.2, 0) is 16.6 Å². The van der Waals surface area contributed by atoms with E-state index in [1.165, 1.54) is 10.4 Å². The number of nitrogens with one attached hydrogen (secondary N) is 1. The zero-order valence-corrected chi connectivity index (χ0v) is 14.9. The third-order valence-corrected chi connectivity index (χ3v) is 6.10. The molecular weight excluding hydrogens is 308 g/mol. The molecule has 0 saturated carbocycles. The number of rotatable bonds is 7. The van der Waals surface area contributed by atoms with E-state index in [0.717, 1.165) is 12.1 Å². The lowest BCUT2D eigenvalue weighted by Crippen LogP contribution is -2.38. The summed E-state index contributed by atoms with van der Waals surface area (Å²) < 4.78 is 26.6. The Labute approximate surface area is 133 Å². The molecule has 21 heavy (non-hydrogen) atoms. The highest BCUT2D eigenvalue weighted by atomic mass is 35.5. The van der Waals surface area contributed by atoms with Crippen molar-refractivity contribution in [1.29, 1.82) is 0 Å². The topological polar surface area (TPSA) is 49.4 Å². The molecule has 0 spiro atoms. The smallest absolute Gasteiger partial charge is 0.243 e. The van der Waals surface area contributed by atoms with Gasteiger partial charge in [-0.3, -0.25) is 0 Å². The van der Waals surface area contributed by atoms with Gasteiger partial charge in [-0.1, -0.05) is 38.4 Å². The normalized spacial score (nSPS) is 13.9. The minimum Gasteiger partial charge on any atom is -0.313 e. The Morgan fingerprint density at radius 3 is 2.38 bits per heavy atom. The summed E-state index contributed by atoms with van der Waals surface area (Å²) in [4.78, 5) is 0.239. The van der Waals surface area contributed by atoms with E-state index in [-0.39, 0.29) is 16.9 Å². The molecule has 1 rings (SSSR count). The number of sulfonamides is 1. The monoisotopic (exact) mass is 332 g/mol. The summed E-state index contributed by atoms with van der Waals surface area (Å²) in [6.07, 6.45) is 0. The van der Waals surface area contributed by atoms with Gasteiger partial charge in [-0.25, -0.2) is 8.42 Å². The van der Waals surface area contributed by atoms with Gasteiger partial charge >= 0.3 is 0 Å². The molecule has 0 fully saturated rings. The fraction of sp³-hybridized carbons (Fsp3) is 0.600. The van der Waals surface area contributed by atoms with Crippen molar-refractivity contribution in [1.82, 2.24) is 9.62 Å². The fourth-order valence-corrected chi connectivity index (χ4v) is 3.73. The number of halogens is 1. The standard InChI is InChI=1S/C15H25ClN2O2S/c1-6-17-10-13-7-8-14(9-15(13)16)21(19,20)18(5)12(4)11(2)3/h7-9,11-12,17H,6,10H2,1-5H3. The van der Waals surface area contributed by atoms with Gasteiger partial charge < -0.3 is 5.32 Å². The van der Waals surface area contributed by atoms with Crippen LogP contribution >= 0.6 is 11.6 Å². The van der Waals surface area contributed by atoms with Crippen LogP contribution in [0.2, 0.25) is 5.02 Å². The quantitative estimate of drug-likeness (QED) is 0.834. The van der Waals surface area contributed by atoms with Gasteiger partial charge in [0.15, 0.2) is 0 Å². The summed E-state index contributed by atoms with van der Waals surface area (Å²) in [6, 6.07) is 4.85. The Morgan fingerprint density at radius 1 is 1.29 bits per heavy atom. The lowest BCUT2D eigenvalue weighted by atomic mass is 10.1. The third kappa shape index (κ3) is 4.42. The number of benzene rings is 1. The van der Waals surface area contributed by atoms with Crippen molar-refractivity contribution in [2.75, 3.05) is 13.6 Å². The zero-order valence-electron chi connectivity index (χ0n) is 13.4. The molecule has 1 unspecified atom stereocenters. The molecular formula is C15H25ClN2O2S. The first kappa shape index (κ1) is 18.4. The maximum absolute atomic E-state index is 12.6. The number of hydrogen-bond acceptors (Lipinski definition) is 3. The molecule has 6 heteroatoms. The molecule has 0 saturated heterocycles. The van der Waals surface area contributed by atoms with Gasteiger partial charge in [0.2, 0.25) is 10.0 Å². The van der Waals surface area contributed by atoms with Gasteiger partial charge in [-0.05, 0) is 37.1 Å². The van der Waals surface area contributed by atoms with Crippen molar-refractivity contribution >= 4 is 21.6 Å². The first-order chi connectivity index (χ1) is 9.71. The van der Waals surface area contributed by atoms with Gasteiger partial charge in [-0.2, -0.15) is 4.31 Å². The minimum absolute atomic E-state index is 0.0739. The van der Waals surface area contributed by atoms with Gasteiger partial charge in [0.1, 0.15) is 0 Å². The Bertz CT molecular complexity index is 573. The van der Waals surface area contributed by atoms with Crippen molar-refractivity contribution in [2.45, 2.75) is 45.2 Å². The second-order valence-corrected chi connectivity index (χ2v) is 7.94. The van der Waals surface area contributed by atoms with Crippen LogP contribution in [0.4, 0.5) is 0 Å². The molecule has 0 aliphatic rings. The Morgan fingerprint density at radius 2 is 1.90 bits per heavy atom. The van der Waals surface area contributed by atoms with Crippen LogP contribution in [-0.4, -0.2) is 32.4 Å². The Balaban J connectivity index is 3.07. The molecule has 0 bridgehead atoms. The minimum atomic E-state index is -3.51. The average molecular weight is 333 g/mol. The second-order valence-electron chi connectivity index (χ2n) is 5.54. The molecule has 120 valence electrons. The lowest BCUT2D eigenvalue weighted by molar-refractivity contribution is 0.316. The van der Waals surface area contributed by atoms with Crippen LogP contribution in [0.25, 0.3) is 0 Å². The molecule has 0 aliphatic carbocycles. The number of nitrogens with zero attached hydrogens (tertiary/aromatic N) is 1. The first-order valence-electron chi connectivity index (χ1n) is 7.19. The van der Waals surface area contributed by atoms with Gasteiger partial charge in [-0.15, -0.1) is 0 Å². The highest BCUT2D eigenvalue weighted by Crippen LogP contribution is 2.25. The maximum Gasteiger partial charge on any atom is 0.243 e. The van der Waals surface area contributed by atoms with Crippen molar-refractivity contribution in [2.24, 2.45) is 5.92 Å². The highest BCUT2D eigenvalue weighted by Gasteiger charge is 2.27. The largest absolute Gasteiger partial charge is 0.313 e. The van der Waals surface area contributed by atoms with Gasteiger partial charge in [0.25, 0.3) is 0 Å². The summed E-state index contributed by atoms with van der Waals surface area (Å²) in [5, 5.41) is 3.65. The second kappa shape index (κ2) is 7.58. The molecule has 0 aliphatic heterocycles. The van der Waals surface area contributed by atoms with Crippen molar-refractivity contribution in [3.8, 4) is 0 Å². The zero-order chi connectivity index (χ0) is 16.2. The molecule has 1 atom stereocenters. The Kier molecular flexibility index (Phi) is 6.66. The summed E-state index contributed by atoms with van der Waals surface area (Å²) in [5.74, 6) is 0.244. The summed E-state index contributed by atoms with van der Waals surface area (Å²) in [6.45, 7) is 9.39. The number of hydrogen-bond donors (Lipinski definition) is 1. The summed E-state index contributed by atoms with van der Waals surface area (Å²) in [7, 11) is -1.90. The van der Waals surface area contributed by atoms with Crippen molar-refractivity contribution in [3.05, 3.63) is 28.8 Å². The van der Waals surface area contributed by atoms with Crippen LogP contribution in [0, 0.1) is 5.92 Å². The van der Waals surface area contributed by atoms with Crippen LogP contribution in [0.15, 0.2) is 23.1 Å². The van der Waals surface area contributed by atoms with Gasteiger partial charge in [0, 0.05) is 24.7 Å². The highest BCUT2D eigenvalue weighted by molar-refractivity contribution is 7.89.